The molecule has 4 heteroatoms. The highest BCUT2D eigenvalue weighted by atomic mass is 19.1. The summed E-state index contributed by atoms with van der Waals surface area (Å²) < 4.78 is 19.7. The van der Waals surface area contributed by atoms with Crippen LogP contribution in [0.25, 0.3) is 0 Å². The molecule has 0 aromatic heterocycles. The van der Waals surface area contributed by atoms with Crippen molar-refractivity contribution in [1.82, 2.24) is 5.43 Å². The van der Waals surface area contributed by atoms with Crippen LogP contribution in [0.15, 0.2) is 42.5 Å². The number of rotatable bonds is 5. The fraction of sp³-hybridized carbons (Fsp3) is 0.294. The summed E-state index contributed by atoms with van der Waals surface area (Å²) in [5.74, 6) is 6.14. The number of hydrogen-bond acceptors (Lipinski definition) is 3. The van der Waals surface area contributed by atoms with Gasteiger partial charge >= 0.3 is 0 Å². The van der Waals surface area contributed by atoms with E-state index in [-0.39, 0.29) is 11.9 Å². The predicted molar refractivity (Wildman–Crippen MR) is 82.5 cm³/mol. The number of halogens is 1. The van der Waals surface area contributed by atoms with Crippen LogP contribution < -0.4 is 16.0 Å². The van der Waals surface area contributed by atoms with E-state index >= 15 is 0 Å². The van der Waals surface area contributed by atoms with Crippen LogP contribution in [-0.2, 0) is 0 Å². The van der Waals surface area contributed by atoms with Crippen molar-refractivity contribution in [3.8, 4) is 5.75 Å². The highest BCUT2D eigenvalue weighted by molar-refractivity contribution is 5.37. The second-order valence-electron chi connectivity index (χ2n) is 5.36. The van der Waals surface area contributed by atoms with Gasteiger partial charge in [0.25, 0.3) is 0 Å². The number of benzene rings is 2. The third kappa shape index (κ3) is 3.80. The van der Waals surface area contributed by atoms with Gasteiger partial charge in [-0.1, -0.05) is 24.3 Å². The molecule has 2 rings (SSSR count). The Morgan fingerprint density at radius 2 is 1.76 bits per heavy atom. The molecule has 0 bridgehead atoms. The van der Waals surface area contributed by atoms with E-state index in [9.17, 15) is 4.39 Å². The lowest BCUT2D eigenvalue weighted by molar-refractivity contribution is 0.242. The van der Waals surface area contributed by atoms with Gasteiger partial charge in [0.15, 0.2) is 0 Å². The van der Waals surface area contributed by atoms with Crippen molar-refractivity contribution in [2.24, 2.45) is 5.84 Å². The number of hydrazine groups is 1. The monoisotopic (exact) mass is 288 g/mol. The normalized spacial score (nSPS) is 12.5. The number of aryl methyl sites for hydroxylation is 1. The van der Waals surface area contributed by atoms with Crippen LogP contribution >= 0.6 is 0 Å². The van der Waals surface area contributed by atoms with E-state index in [1.807, 2.05) is 51.1 Å². The summed E-state index contributed by atoms with van der Waals surface area (Å²) in [4.78, 5) is 0. The van der Waals surface area contributed by atoms with E-state index in [0.717, 1.165) is 16.9 Å². The minimum Gasteiger partial charge on any atom is -0.491 e. The average molecular weight is 288 g/mol. The number of ether oxygens (including phenoxy) is 1. The van der Waals surface area contributed by atoms with E-state index in [0.29, 0.717) is 5.56 Å². The molecule has 2 aromatic rings. The van der Waals surface area contributed by atoms with Crippen LogP contribution in [0.5, 0.6) is 5.75 Å². The van der Waals surface area contributed by atoms with Gasteiger partial charge in [-0.25, -0.2) is 9.82 Å². The molecule has 0 amide bonds. The molecule has 0 radical (unpaired) electrons. The Balaban J connectivity index is 2.28. The fourth-order valence-corrected chi connectivity index (χ4v) is 2.24. The molecule has 2 aromatic carbocycles. The largest absolute Gasteiger partial charge is 0.491 e. The molecule has 0 aliphatic heterocycles. The van der Waals surface area contributed by atoms with E-state index in [4.69, 9.17) is 10.6 Å². The maximum absolute atomic E-state index is 14.1. The standard InChI is InChI=1S/C17H21FN2O/c1-11(2)21-14-7-5-13(6-8-14)17(20-19)15-9-4-12(3)10-16(15)18/h4-11,17,20H,19H2,1-3H3. The van der Waals surface area contributed by atoms with Gasteiger partial charge in [0.1, 0.15) is 11.6 Å². The molecule has 3 N–H and O–H groups in total. The Labute approximate surface area is 124 Å². The van der Waals surface area contributed by atoms with Gasteiger partial charge in [0, 0.05) is 5.56 Å². The second kappa shape index (κ2) is 6.70. The summed E-state index contributed by atoms with van der Waals surface area (Å²) >= 11 is 0. The Kier molecular flexibility index (Phi) is 4.94. The summed E-state index contributed by atoms with van der Waals surface area (Å²) in [7, 11) is 0. The van der Waals surface area contributed by atoms with Crippen molar-refractivity contribution in [3.05, 3.63) is 65.0 Å². The Morgan fingerprint density at radius 1 is 1.10 bits per heavy atom. The van der Waals surface area contributed by atoms with Gasteiger partial charge in [0.05, 0.1) is 12.1 Å². The molecule has 112 valence electrons. The number of nitrogens with two attached hydrogens (primary N) is 1. The Morgan fingerprint density at radius 3 is 2.29 bits per heavy atom. The first-order valence-electron chi connectivity index (χ1n) is 7.00. The van der Waals surface area contributed by atoms with Crippen LogP contribution in [0.3, 0.4) is 0 Å². The van der Waals surface area contributed by atoms with E-state index < -0.39 is 6.04 Å². The van der Waals surface area contributed by atoms with Gasteiger partial charge in [-0.15, -0.1) is 0 Å². The molecular weight excluding hydrogens is 267 g/mol. The average Bonchev–Trinajstić information content (AvgIpc) is 2.43. The van der Waals surface area contributed by atoms with Crippen LogP contribution in [0, 0.1) is 12.7 Å². The van der Waals surface area contributed by atoms with Gasteiger partial charge < -0.3 is 4.74 Å². The highest BCUT2D eigenvalue weighted by Gasteiger charge is 2.16. The first-order valence-corrected chi connectivity index (χ1v) is 7.00. The molecule has 0 fully saturated rings. The van der Waals surface area contributed by atoms with Gasteiger partial charge in [-0.3, -0.25) is 5.84 Å². The van der Waals surface area contributed by atoms with Crippen molar-refractivity contribution in [3.63, 3.8) is 0 Å². The molecule has 0 saturated heterocycles. The molecule has 0 saturated carbocycles. The zero-order chi connectivity index (χ0) is 15.4. The first kappa shape index (κ1) is 15.5. The molecule has 0 aliphatic carbocycles. The van der Waals surface area contributed by atoms with Crippen LogP contribution in [0.1, 0.15) is 36.6 Å². The summed E-state index contributed by atoms with van der Waals surface area (Å²) in [6, 6.07) is 12.3. The molecule has 1 atom stereocenters. The van der Waals surface area contributed by atoms with Crippen molar-refractivity contribution < 1.29 is 9.13 Å². The fourth-order valence-electron chi connectivity index (χ4n) is 2.24. The van der Waals surface area contributed by atoms with Gasteiger partial charge in [-0.2, -0.15) is 0 Å². The van der Waals surface area contributed by atoms with Crippen molar-refractivity contribution in [2.45, 2.75) is 32.9 Å². The Hall–Kier alpha value is -1.91. The molecule has 3 nitrogen and oxygen atoms in total. The van der Waals surface area contributed by atoms with E-state index in [1.165, 1.54) is 6.07 Å². The third-order valence-corrected chi connectivity index (χ3v) is 3.22. The zero-order valence-corrected chi connectivity index (χ0v) is 12.6. The van der Waals surface area contributed by atoms with Gasteiger partial charge in [-0.05, 0) is 50.1 Å². The van der Waals surface area contributed by atoms with E-state index in [2.05, 4.69) is 5.43 Å². The smallest absolute Gasteiger partial charge is 0.128 e. The van der Waals surface area contributed by atoms with Crippen molar-refractivity contribution >= 4 is 0 Å². The summed E-state index contributed by atoms with van der Waals surface area (Å²) in [6.45, 7) is 5.80. The Bertz CT molecular complexity index is 596. The zero-order valence-electron chi connectivity index (χ0n) is 12.6. The maximum atomic E-state index is 14.1. The van der Waals surface area contributed by atoms with E-state index in [1.54, 1.807) is 6.07 Å². The summed E-state index contributed by atoms with van der Waals surface area (Å²) in [5.41, 5.74) is 4.97. The molecule has 0 spiro atoms. The summed E-state index contributed by atoms with van der Waals surface area (Å²) in [6.07, 6.45) is 0.119. The quantitative estimate of drug-likeness (QED) is 0.654. The van der Waals surface area contributed by atoms with Gasteiger partial charge in [0.2, 0.25) is 0 Å². The lowest BCUT2D eigenvalue weighted by atomic mass is 9.98. The van der Waals surface area contributed by atoms with Crippen LogP contribution in [0.2, 0.25) is 0 Å². The molecule has 0 heterocycles. The van der Waals surface area contributed by atoms with Crippen molar-refractivity contribution in [1.29, 1.82) is 0 Å². The predicted octanol–water partition coefficient (Wildman–Crippen LogP) is 3.47. The SMILES string of the molecule is Cc1ccc(C(NN)c2ccc(OC(C)C)cc2)c(F)c1. The lowest BCUT2D eigenvalue weighted by Crippen LogP contribution is -2.29. The lowest BCUT2D eigenvalue weighted by Gasteiger charge is -2.18. The minimum atomic E-state index is -0.390. The third-order valence-electron chi connectivity index (χ3n) is 3.22. The minimum absolute atomic E-state index is 0.119. The van der Waals surface area contributed by atoms with Crippen LogP contribution in [0.4, 0.5) is 4.39 Å². The second-order valence-corrected chi connectivity index (χ2v) is 5.36. The van der Waals surface area contributed by atoms with Crippen LogP contribution in [-0.4, -0.2) is 6.10 Å². The topological polar surface area (TPSA) is 47.3 Å². The molecule has 1 unspecified atom stereocenters. The summed E-state index contributed by atoms with van der Waals surface area (Å²) in [5, 5.41) is 0. The molecule has 0 aliphatic rings. The number of nitrogens with one attached hydrogen (secondary N) is 1. The number of hydrogen-bond donors (Lipinski definition) is 2. The molecule has 21 heavy (non-hydrogen) atoms. The highest BCUT2D eigenvalue weighted by Crippen LogP contribution is 2.26. The van der Waals surface area contributed by atoms with Crippen molar-refractivity contribution in [2.75, 3.05) is 0 Å². The first-order chi connectivity index (χ1) is 10.0. The molecular formula is C17H21FN2O. The maximum Gasteiger partial charge on any atom is 0.128 e.